The summed E-state index contributed by atoms with van der Waals surface area (Å²) in [5.41, 5.74) is 3.79. The second-order valence-electron chi connectivity index (χ2n) is 6.58. The van der Waals surface area contributed by atoms with Crippen LogP contribution in [0.2, 0.25) is 0 Å². The number of thiophene rings is 1. The topological polar surface area (TPSA) is 73.2 Å². The summed E-state index contributed by atoms with van der Waals surface area (Å²) in [7, 11) is 0. The van der Waals surface area contributed by atoms with Gasteiger partial charge in [0.1, 0.15) is 0 Å². The molecule has 2 aromatic carbocycles. The van der Waals surface area contributed by atoms with Crippen molar-refractivity contribution in [2.24, 2.45) is 0 Å². The van der Waals surface area contributed by atoms with Crippen molar-refractivity contribution in [1.82, 2.24) is 4.90 Å². The SMILES string of the molecule is N#Cc1cccc(C(=O)Nc2ccc3c(c2)CN(C(=O)c2cccs2)CC3)c1. The van der Waals surface area contributed by atoms with Gasteiger partial charge in [-0.15, -0.1) is 11.3 Å². The Morgan fingerprint density at radius 2 is 1.96 bits per heavy atom. The quantitative estimate of drug-likeness (QED) is 0.736. The predicted molar refractivity (Wildman–Crippen MR) is 108 cm³/mol. The Labute approximate surface area is 166 Å². The Morgan fingerprint density at radius 1 is 1.07 bits per heavy atom. The fourth-order valence-corrected chi connectivity index (χ4v) is 3.99. The Balaban J connectivity index is 1.51. The highest BCUT2D eigenvalue weighted by Gasteiger charge is 2.22. The molecule has 0 saturated heterocycles. The molecular formula is C22H17N3O2S. The van der Waals surface area contributed by atoms with Crippen LogP contribution in [0.15, 0.2) is 60.0 Å². The van der Waals surface area contributed by atoms with Gasteiger partial charge in [-0.25, -0.2) is 0 Å². The van der Waals surface area contributed by atoms with Crippen molar-refractivity contribution in [3.05, 3.63) is 87.1 Å². The van der Waals surface area contributed by atoms with Gasteiger partial charge < -0.3 is 10.2 Å². The molecule has 0 aliphatic carbocycles. The zero-order chi connectivity index (χ0) is 19.5. The predicted octanol–water partition coefficient (Wildman–Crippen LogP) is 4.07. The summed E-state index contributed by atoms with van der Waals surface area (Å²) < 4.78 is 0. The molecule has 0 bridgehead atoms. The maximum absolute atomic E-state index is 12.6. The highest BCUT2D eigenvalue weighted by Crippen LogP contribution is 2.25. The van der Waals surface area contributed by atoms with E-state index in [9.17, 15) is 9.59 Å². The van der Waals surface area contributed by atoms with Crippen LogP contribution in [0.3, 0.4) is 0 Å². The van der Waals surface area contributed by atoms with E-state index < -0.39 is 0 Å². The van der Waals surface area contributed by atoms with E-state index in [0.29, 0.717) is 29.9 Å². The van der Waals surface area contributed by atoms with E-state index in [-0.39, 0.29) is 11.8 Å². The van der Waals surface area contributed by atoms with Crippen LogP contribution >= 0.6 is 11.3 Å². The van der Waals surface area contributed by atoms with Crippen LogP contribution in [0, 0.1) is 11.3 Å². The minimum atomic E-state index is -0.264. The number of benzene rings is 2. The first-order valence-corrected chi connectivity index (χ1v) is 9.78. The van der Waals surface area contributed by atoms with Crippen molar-refractivity contribution in [2.45, 2.75) is 13.0 Å². The Hall–Kier alpha value is -3.43. The molecule has 1 N–H and O–H groups in total. The molecule has 138 valence electrons. The third-order valence-electron chi connectivity index (χ3n) is 4.75. The lowest BCUT2D eigenvalue weighted by atomic mass is 9.98. The molecule has 0 unspecified atom stereocenters. The van der Waals surface area contributed by atoms with Crippen molar-refractivity contribution in [3.8, 4) is 6.07 Å². The highest BCUT2D eigenvalue weighted by molar-refractivity contribution is 7.12. The number of nitriles is 1. The Morgan fingerprint density at radius 3 is 2.75 bits per heavy atom. The van der Waals surface area contributed by atoms with E-state index >= 15 is 0 Å². The van der Waals surface area contributed by atoms with Crippen LogP contribution < -0.4 is 5.32 Å². The third kappa shape index (κ3) is 3.66. The molecule has 2 heterocycles. The number of carbonyl (C=O) groups excluding carboxylic acids is 2. The summed E-state index contributed by atoms with van der Waals surface area (Å²) in [6, 6.07) is 18.2. The van der Waals surface area contributed by atoms with Crippen LogP contribution in [-0.2, 0) is 13.0 Å². The van der Waals surface area contributed by atoms with Crippen LogP contribution in [0.5, 0.6) is 0 Å². The molecule has 2 amide bonds. The van der Waals surface area contributed by atoms with Crippen LogP contribution in [-0.4, -0.2) is 23.3 Å². The van der Waals surface area contributed by atoms with Crippen molar-refractivity contribution in [1.29, 1.82) is 5.26 Å². The molecule has 0 fully saturated rings. The van der Waals surface area contributed by atoms with Crippen LogP contribution in [0.25, 0.3) is 0 Å². The third-order valence-corrected chi connectivity index (χ3v) is 5.61. The number of carbonyl (C=O) groups is 2. The molecule has 1 aliphatic heterocycles. The van der Waals surface area contributed by atoms with E-state index in [4.69, 9.17) is 5.26 Å². The van der Waals surface area contributed by atoms with Gasteiger partial charge in [-0.2, -0.15) is 5.26 Å². The van der Waals surface area contributed by atoms with Gasteiger partial charge in [0.05, 0.1) is 16.5 Å². The summed E-state index contributed by atoms with van der Waals surface area (Å²) in [6.07, 6.45) is 0.797. The number of hydrogen-bond donors (Lipinski definition) is 1. The second-order valence-corrected chi connectivity index (χ2v) is 7.53. The van der Waals surface area contributed by atoms with Gasteiger partial charge in [0, 0.05) is 24.3 Å². The van der Waals surface area contributed by atoms with Gasteiger partial charge in [0.2, 0.25) is 0 Å². The summed E-state index contributed by atoms with van der Waals surface area (Å²) >= 11 is 1.45. The van der Waals surface area contributed by atoms with Gasteiger partial charge in [-0.1, -0.05) is 18.2 Å². The lowest BCUT2D eigenvalue weighted by Crippen LogP contribution is -2.35. The maximum atomic E-state index is 12.6. The van der Waals surface area contributed by atoms with Gasteiger partial charge in [0.15, 0.2) is 0 Å². The summed E-state index contributed by atoms with van der Waals surface area (Å²) in [5.74, 6) is -0.220. The van der Waals surface area contributed by atoms with E-state index in [1.165, 1.54) is 16.9 Å². The normalized spacial score (nSPS) is 12.8. The Kier molecular flexibility index (Phi) is 4.92. The van der Waals surface area contributed by atoms with Gasteiger partial charge in [0.25, 0.3) is 11.8 Å². The van der Waals surface area contributed by atoms with E-state index in [1.807, 2.05) is 46.7 Å². The molecule has 1 aliphatic rings. The lowest BCUT2D eigenvalue weighted by molar-refractivity contribution is 0.0739. The van der Waals surface area contributed by atoms with Gasteiger partial charge in [-0.05, 0) is 59.3 Å². The van der Waals surface area contributed by atoms with Crippen molar-refractivity contribution in [3.63, 3.8) is 0 Å². The molecule has 0 saturated carbocycles. The summed E-state index contributed by atoms with van der Waals surface area (Å²) in [5, 5.41) is 13.8. The van der Waals surface area contributed by atoms with Crippen molar-refractivity contribution >= 4 is 28.8 Å². The lowest BCUT2D eigenvalue weighted by Gasteiger charge is -2.29. The molecule has 3 aromatic rings. The van der Waals surface area contributed by atoms with Crippen LogP contribution in [0.4, 0.5) is 5.69 Å². The number of amides is 2. The molecule has 28 heavy (non-hydrogen) atoms. The second kappa shape index (κ2) is 7.67. The Bertz CT molecular complexity index is 1080. The summed E-state index contributed by atoms with van der Waals surface area (Å²) in [6.45, 7) is 1.22. The van der Waals surface area contributed by atoms with E-state index in [1.54, 1.807) is 24.3 Å². The van der Waals surface area contributed by atoms with Crippen molar-refractivity contribution in [2.75, 3.05) is 11.9 Å². The monoisotopic (exact) mass is 387 g/mol. The van der Waals surface area contributed by atoms with Crippen LogP contribution in [0.1, 0.15) is 36.7 Å². The van der Waals surface area contributed by atoms with Gasteiger partial charge >= 0.3 is 0 Å². The van der Waals surface area contributed by atoms with E-state index in [0.717, 1.165) is 16.9 Å². The number of hydrogen-bond acceptors (Lipinski definition) is 4. The summed E-state index contributed by atoms with van der Waals surface area (Å²) in [4.78, 5) is 27.7. The number of fused-ring (bicyclic) bond motifs is 1. The highest BCUT2D eigenvalue weighted by atomic mass is 32.1. The van der Waals surface area contributed by atoms with Crippen molar-refractivity contribution < 1.29 is 9.59 Å². The molecule has 0 atom stereocenters. The minimum Gasteiger partial charge on any atom is -0.333 e. The number of nitrogens with zero attached hydrogens (tertiary/aromatic N) is 2. The molecule has 0 radical (unpaired) electrons. The first-order chi connectivity index (χ1) is 13.6. The molecule has 5 nitrogen and oxygen atoms in total. The minimum absolute atomic E-state index is 0.0448. The standard InChI is InChI=1S/C22H17N3O2S/c23-13-15-3-1-4-17(11-15)21(26)24-19-7-6-16-8-9-25(14-18(16)12-19)22(27)20-5-2-10-28-20/h1-7,10-12H,8-9,14H2,(H,24,26). The average molecular weight is 387 g/mol. The molecule has 1 aromatic heterocycles. The molecular weight excluding hydrogens is 370 g/mol. The zero-order valence-electron chi connectivity index (χ0n) is 15.0. The number of rotatable bonds is 3. The largest absolute Gasteiger partial charge is 0.333 e. The maximum Gasteiger partial charge on any atom is 0.264 e. The first kappa shape index (κ1) is 18.0. The van der Waals surface area contributed by atoms with E-state index in [2.05, 4.69) is 5.32 Å². The number of nitrogens with one attached hydrogen (secondary N) is 1. The number of anilines is 1. The molecule has 0 spiro atoms. The molecule has 4 rings (SSSR count). The van der Waals surface area contributed by atoms with Gasteiger partial charge in [-0.3, -0.25) is 9.59 Å². The fourth-order valence-electron chi connectivity index (χ4n) is 3.30. The average Bonchev–Trinajstić information content (AvgIpc) is 3.27. The zero-order valence-corrected chi connectivity index (χ0v) is 15.8. The smallest absolute Gasteiger partial charge is 0.264 e. The first-order valence-electron chi connectivity index (χ1n) is 8.90. The molecule has 6 heteroatoms. The fraction of sp³-hybridized carbons (Fsp3) is 0.136.